The van der Waals surface area contributed by atoms with Gasteiger partial charge in [0.2, 0.25) is 5.91 Å². The van der Waals surface area contributed by atoms with Crippen molar-refractivity contribution in [1.82, 2.24) is 10.3 Å². The Labute approximate surface area is 149 Å². The maximum Gasteiger partial charge on any atom is 0.268 e. The van der Waals surface area contributed by atoms with E-state index in [2.05, 4.69) is 10.3 Å². The summed E-state index contributed by atoms with van der Waals surface area (Å²) in [6.45, 7) is 0.846. The fraction of sp³-hybridized carbons (Fsp3) is 0.278. The van der Waals surface area contributed by atoms with E-state index in [1.165, 1.54) is 12.3 Å². The molecule has 0 spiro atoms. The number of H-pyrrole nitrogens is 1. The van der Waals surface area contributed by atoms with Crippen molar-refractivity contribution in [3.63, 3.8) is 0 Å². The molecule has 0 aliphatic carbocycles. The highest BCUT2D eigenvalue weighted by Gasteiger charge is 2.29. The minimum atomic E-state index is -0.504. The zero-order valence-corrected chi connectivity index (χ0v) is 13.9. The summed E-state index contributed by atoms with van der Waals surface area (Å²) in [6, 6.07) is 9.61. The van der Waals surface area contributed by atoms with Crippen LogP contribution in [0.25, 0.3) is 0 Å². The standard InChI is InChI=1S/C18H18N4O4/c19-8-11-7-14(21-9-11)18(24)22-15-10-25-6-5-16(15)26-13-3-1-12(2-4-13)17(20)23/h1-4,7,9,15-16,21H,5-6,10H2,(H2,20,23)(H,22,24)/t15-,16-/m1/s1. The summed E-state index contributed by atoms with van der Waals surface area (Å²) < 4.78 is 11.4. The van der Waals surface area contributed by atoms with E-state index in [1.54, 1.807) is 24.3 Å². The number of carbonyl (C=O) groups is 2. The van der Waals surface area contributed by atoms with Crippen LogP contribution in [0.5, 0.6) is 5.75 Å². The largest absolute Gasteiger partial charge is 0.488 e. The molecule has 26 heavy (non-hydrogen) atoms. The summed E-state index contributed by atoms with van der Waals surface area (Å²) in [6.07, 6.45) is 1.80. The zero-order valence-electron chi connectivity index (χ0n) is 13.9. The number of carbonyl (C=O) groups excluding carboxylic acids is 2. The van der Waals surface area contributed by atoms with Gasteiger partial charge in [-0.05, 0) is 30.3 Å². The quantitative estimate of drug-likeness (QED) is 0.736. The molecular formula is C18H18N4O4. The van der Waals surface area contributed by atoms with E-state index in [4.69, 9.17) is 20.5 Å². The van der Waals surface area contributed by atoms with E-state index in [9.17, 15) is 9.59 Å². The molecule has 2 atom stereocenters. The first kappa shape index (κ1) is 17.5. The summed E-state index contributed by atoms with van der Waals surface area (Å²) in [4.78, 5) is 26.2. The van der Waals surface area contributed by atoms with Gasteiger partial charge in [-0.15, -0.1) is 0 Å². The van der Waals surface area contributed by atoms with E-state index in [1.807, 2.05) is 6.07 Å². The number of rotatable bonds is 5. The van der Waals surface area contributed by atoms with Gasteiger partial charge in [0.05, 0.1) is 24.8 Å². The van der Waals surface area contributed by atoms with Crippen molar-refractivity contribution < 1.29 is 19.1 Å². The van der Waals surface area contributed by atoms with Gasteiger partial charge in [0.1, 0.15) is 23.6 Å². The Morgan fingerprint density at radius 3 is 2.77 bits per heavy atom. The topological polar surface area (TPSA) is 130 Å². The van der Waals surface area contributed by atoms with Crippen LogP contribution in [0.2, 0.25) is 0 Å². The van der Waals surface area contributed by atoms with Crippen molar-refractivity contribution in [2.75, 3.05) is 13.2 Å². The Bertz CT molecular complexity index is 838. The van der Waals surface area contributed by atoms with Crippen molar-refractivity contribution in [3.05, 3.63) is 53.3 Å². The minimum Gasteiger partial charge on any atom is -0.488 e. The first-order chi connectivity index (χ1) is 12.6. The van der Waals surface area contributed by atoms with Crippen LogP contribution in [0.4, 0.5) is 0 Å². The van der Waals surface area contributed by atoms with Crippen LogP contribution in [-0.4, -0.2) is 42.2 Å². The van der Waals surface area contributed by atoms with E-state index in [0.717, 1.165) is 0 Å². The highest BCUT2D eigenvalue weighted by atomic mass is 16.5. The molecule has 8 heteroatoms. The third-order valence-corrected chi connectivity index (χ3v) is 4.09. The second-order valence-corrected chi connectivity index (χ2v) is 5.90. The molecule has 1 aliphatic heterocycles. The lowest BCUT2D eigenvalue weighted by Crippen LogP contribution is -2.51. The molecule has 1 aromatic carbocycles. The van der Waals surface area contributed by atoms with Crippen molar-refractivity contribution in [3.8, 4) is 11.8 Å². The van der Waals surface area contributed by atoms with Gasteiger partial charge in [0.25, 0.3) is 5.91 Å². The zero-order chi connectivity index (χ0) is 18.5. The number of nitrogens with one attached hydrogen (secondary N) is 2. The number of amides is 2. The van der Waals surface area contributed by atoms with Gasteiger partial charge < -0.3 is 25.5 Å². The molecule has 0 radical (unpaired) electrons. The molecule has 134 valence electrons. The molecular weight excluding hydrogens is 336 g/mol. The summed E-state index contributed by atoms with van der Waals surface area (Å²) in [5.74, 6) is -0.261. The number of benzene rings is 1. The predicted octanol–water partition coefficient (Wildman–Crippen LogP) is 0.952. The number of nitrogens with zero attached hydrogens (tertiary/aromatic N) is 1. The fourth-order valence-corrected chi connectivity index (χ4v) is 2.70. The Balaban J connectivity index is 1.66. The number of hydrogen-bond donors (Lipinski definition) is 3. The van der Waals surface area contributed by atoms with Crippen LogP contribution in [0, 0.1) is 11.3 Å². The fourth-order valence-electron chi connectivity index (χ4n) is 2.70. The summed E-state index contributed by atoms with van der Waals surface area (Å²) >= 11 is 0. The van der Waals surface area contributed by atoms with Crippen LogP contribution in [0.3, 0.4) is 0 Å². The summed E-state index contributed by atoms with van der Waals surface area (Å²) in [5.41, 5.74) is 6.31. The van der Waals surface area contributed by atoms with Crippen LogP contribution in [0.1, 0.15) is 32.8 Å². The number of aromatic amines is 1. The first-order valence-corrected chi connectivity index (χ1v) is 8.10. The molecule has 1 saturated heterocycles. The monoisotopic (exact) mass is 354 g/mol. The van der Waals surface area contributed by atoms with E-state index < -0.39 is 5.91 Å². The predicted molar refractivity (Wildman–Crippen MR) is 91.6 cm³/mol. The molecule has 4 N–H and O–H groups in total. The molecule has 0 unspecified atom stereocenters. The van der Waals surface area contributed by atoms with Crippen LogP contribution in [0.15, 0.2) is 36.5 Å². The average Bonchev–Trinajstić information content (AvgIpc) is 3.13. The molecule has 0 saturated carbocycles. The van der Waals surface area contributed by atoms with E-state index in [0.29, 0.717) is 42.2 Å². The third-order valence-electron chi connectivity index (χ3n) is 4.09. The van der Waals surface area contributed by atoms with E-state index in [-0.39, 0.29) is 18.1 Å². The van der Waals surface area contributed by atoms with Crippen molar-refractivity contribution in [2.45, 2.75) is 18.6 Å². The molecule has 2 heterocycles. The summed E-state index contributed by atoms with van der Waals surface area (Å²) in [7, 11) is 0. The lowest BCUT2D eigenvalue weighted by Gasteiger charge is -2.32. The van der Waals surface area contributed by atoms with Crippen LogP contribution < -0.4 is 15.8 Å². The maximum absolute atomic E-state index is 12.3. The smallest absolute Gasteiger partial charge is 0.268 e. The molecule has 1 aromatic heterocycles. The maximum atomic E-state index is 12.3. The van der Waals surface area contributed by atoms with Crippen LogP contribution in [-0.2, 0) is 4.74 Å². The highest BCUT2D eigenvalue weighted by molar-refractivity contribution is 5.93. The number of ether oxygens (including phenoxy) is 2. The normalized spacial score (nSPS) is 19.3. The number of nitriles is 1. The Morgan fingerprint density at radius 2 is 2.12 bits per heavy atom. The number of hydrogen-bond acceptors (Lipinski definition) is 5. The third kappa shape index (κ3) is 4.02. The molecule has 3 rings (SSSR count). The lowest BCUT2D eigenvalue weighted by atomic mass is 10.1. The molecule has 1 aliphatic rings. The van der Waals surface area contributed by atoms with E-state index >= 15 is 0 Å². The number of primary amides is 1. The Kier molecular flexibility index (Phi) is 5.20. The van der Waals surface area contributed by atoms with Crippen molar-refractivity contribution in [2.24, 2.45) is 5.73 Å². The Morgan fingerprint density at radius 1 is 1.35 bits per heavy atom. The number of nitrogens with two attached hydrogens (primary N) is 1. The highest BCUT2D eigenvalue weighted by Crippen LogP contribution is 2.19. The molecule has 2 aromatic rings. The van der Waals surface area contributed by atoms with Gasteiger partial charge >= 0.3 is 0 Å². The van der Waals surface area contributed by atoms with Gasteiger partial charge in [0.15, 0.2) is 0 Å². The number of aromatic nitrogens is 1. The molecule has 1 fully saturated rings. The van der Waals surface area contributed by atoms with Gasteiger partial charge in [-0.3, -0.25) is 9.59 Å². The molecule has 8 nitrogen and oxygen atoms in total. The molecule has 0 bridgehead atoms. The Hall–Kier alpha value is -3.31. The van der Waals surface area contributed by atoms with Gasteiger partial charge in [0, 0.05) is 18.2 Å². The second-order valence-electron chi connectivity index (χ2n) is 5.90. The van der Waals surface area contributed by atoms with Gasteiger partial charge in [-0.25, -0.2) is 0 Å². The first-order valence-electron chi connectivity index (χ1n) is 8.10. The van der Waals surface area contributed by atoms with Crippen LogP contribution >= 0.6 is 0 Å². The molecule has 2 amide bonds. The SMILES string of the molecule is N#Cc1c[nH]c(C(=O)N[C@@H]2COCC[C@H]2Oc2ccc(C(N)=O)cc2)c1. The summed E-state index contributed by atoms with van der Waals surface area (Å²) in [5, 5.41) is 11.7. The lowest BCUT2D eigenvalue weighted by molar-refractivity contribution is -0.00294. The van der Waals surface area contributed by atoms with Gasteiger partial charge in [-0.2, -0.15) is 5.26 Å². The van der Waals surface area contributed by atoms with Crippen molar-refractivity contribution in [1.29, 1.82) is 5.26 Å². The average molecular weight is 354 g/mol. The minimum absolute atomic E-state index is 0.280. The van der Waals surface area contributed by atoms with Crippen molar-refractivity contribution >= 4 is 11.8 Å². The second kappa shape index (κ2) is 7.72. The van der Waals surface area contributed by atoms with Gasteiger partial charge in [-0.1, -0.05) is 0 Å².